The molecular formula is C16H28O. The van der Waals surface area contributed by atoms with Gasteiger partial charge in [-0.3, -0.25) is 0 Å². The molecular weight excluding hydrogens is 208 g/mol. The molecule has 2 rings (SSSR count). The van der Waals surface area contributed by atoms with E-state index in [0.29, 0.717) is 5.92 Å². The molecule has 2 aliphatic rings. The van der Waals surface area contributed by atoms with Crippen molar-refractivity contribution in [2.24, 2.45) is 23.7 Å². The Morgan fingerprint density at radius 3 is 2.24 bits per heavy atom. The lowest BCUT2D eigenvalue weighted by molar-refractivity contribution is -0.112. The van der Waals surface area contributed by atoms with Crippen LogP contribution in [0.4, 0.5) is 0 Å². The maximum atomic E-state index is 10.9. The molecule has 1 heteroatoms. The predicted octanol–water partition coefficient (Wildman–Crippen LogP) is 4.60. The number of hydrogen-bond acceptors (Lipinski definition) is 1. The third kappa shape index (κ3) is 4.12. The van der Waals surface area contributed by atoms with Gasteiger partial charge in [-0.05, 0) is 37.0 Å². The second kappa shape index (κ2) is 6.56. The summed E-state index contributed by atoms with van der Waals surface area (Å²) >= 11 is 0. The Balaban J connectivity index is 1.68. The largest absolute Gasteiger partial charge is 0.303 e. The second-order valence-electron chi connectivity index (χ2n) is 6.64. The van der Waals surface area contributed by atoms with Crippen LogP contribution in [0.5, 0.6) is 0 Å². The second-order valence-corrected chi connectivity index (χ2v) is 6.64. The van der Waals surface area contributed by atoms with Gasteiger partial charge in [0.25, 0.3) is 0 Å². The molecule has 0 heterocycles. The van der Waals surface area contributed by atoms with E-state index in [0.717, 1.165) is 24.2 Å². The Hall–Kier alpha value is -0.330. The minimum Gasteiger partial charge on any atom is -0.303 e. The van der Waals surface area contributed by atoms with E-state index >= 15 is 0 Å². The Labute approximate surface area is 106 Å². The first kappa shape index (κ1) is 13.1. The minimum atomic E-state index is 0.388. The van der Waals surface area contributed by atoms with Crippen LogP contribution in [0.2, 0.25) is 0 Å². The number of rotatable bonds is 4. The molecule has 0 aromatic carbocycles. The molecule has 0 spiro atoms. The molecule has 0 amide bonds. The molecule has 0 bridgehead atoms. The molecule has 4 unspecified atom stereocenters. The van der Waals surface area contributed by atoms with Crippen molar-refractivity contribution >= 4 is 6.29 Å². The predicted molar refractivity (Wildman–Crippen MR) is 71.9 cm³/mol. The molecule has 17 heavy (non-hydrogen) atoms. The molecule has 2 aliphatic carbocycles. The zero-order chi connectivity index (χ0) is 12.1. The van der Waals surface area contributed by atoms with Gasteiger partial charge in [-0.15, -0.1) is 0 Å². The molecule has 0 saturated heterocycles. The number of hydrogen-bond donors (Lipinski definition) is 0. The van der Waals surface area contributed by atoms with Crippen molar-refractivity contribution in [3.8, 4) is 0 Å². The normalized spacial score (nSPS) is 38.9. The Kier molecular flexibility index (Phi) is 5.06. The summed E-state index contributed by atoms with van der Waals surface area (Å²) in [4.78, 5) is 10.9. The van der Waals surface area contributed by atoms with Crippen molar-refractivity contribution in [2.45, 2.75) is 71.1 Å². The fourth-order valence-corrected chi connectivity index (χ4v) is 4.01. The third-order valence-corrected chi connectivity index (χ3v) is 5.04. The average Bonchev–Trinajstić information content (AvgIpc) is 2.37. The first-order valence-electron chi connectivity index (χ1n) is 7.73. The monoisotopic (exact) mass is 236 g/mol. The molecule has 2 fully saturated rings. The van der Waals surface area contributed by atoms with E-state index in [1.165, 1.54) is 64.1 Å². The van der Waals surface area contributed by atoms with Crippen LogP contribution in [0.15, 0.2) is 0 Å². The van der Waals surface area contributed by atoms with E-state index in [4.69, 9.17) is 0 Å². The molecule has 4 atom stereocenters. The Bertz CT molecular complexity index is 236. The summed E-state index contributed by atoms with van der Waals surface area (Å²) < 4.78 is 0. The number of carbonyl (C=O) groups is 1. The Morgan fingerprint density at radius 1 is 0.941 bits per heavy atom. The lowest BCUT2D eigenvalue weighted by atomic mass is 9.75. The van der Waals surface area contributed by atoms with Crippen LogP contribution in [0, 0.1) is 23.7 Å². The van der Waals surface area contributed by atoms with E-state index in [9.17, 15) is 4.79 Å². The minimum absolute atomic E-state index is 0.388. The van der Waals surface area contributed by atoms with Crippen LogP contribution in [0.1, 0.15) is 71.1 Å². The summed E-state index contributed by atoms with van der Waals surface area (Å²) in [5, 5.41) is 0. The van der Waals surface area contributed by atoms with E-state index in [1.807, 2.05) is 0 Å². The first-order chi connectivity index (χ1) is 8.28. The zero-order valence-electron chi connectivity index (χ0n) is 11.4. The van der Waals surface area contributed by atoms with Crippen LogP contribution in [0.3, 0.4) is 0 Å². The number of carbonyl (C=O) groups excluding carboxylic acids is 1. The average molecular weight is 236 g/mol. The van der Waals surface area contributed by atoms with Gasteiger partial charge in [0.1, 0.15) is 6.29 Å². The van der Waals surface area contributed by atoms with E-state index < -0.39 is 0 Å². The van der Waals surface area contributed by atoms with Crippen LogP contribution < -0.4 is 0 Å². The molecule has 98 valence electrons. The fraction of sp³-hybridized carbons (Fsp3) is 0.938. The number of aldehydes is 1. The van der Waals surface area contributed by atoms with Crippen molar-refractivity contribution in [1.29, 1.82) is 0 Å². The first-order valence-corrected chi connectivity index (χ1v) is 7.73. The standard InChI is InChI=1S/C16H28O/c1-13-4-2-5-14(10-13)8-9-15-6-3-7-16(11-15)12-17/h12-16H,2-11H2,1H3. The van der Waals surface area contributed by atoms with Gasteiger partial charge in [0.2, 0.25) is 0 Å². The third-order valence-electron chi connectivity index (χ3n) is 5.04. The highest BCUT2D eigenvalue weighted by molar-refractivity contribution is 5.53. The molecule has 0 N–H and O–H groups in total. The molecule has 2 saturated carbocycles. The highest BCUT2D eigenvalue weighted by Gasteiger charge is 2.24. The van der Waals surface area contributed by atoms with Crippen LogP contribution >= 0.6 is 0 Å². The maximum Gasteiger partial charge on any atom is 0.123 e. The molecule has 0 radical (unpaired) electrons. The van der Waals surface area contributed by atoms with E-state index in [2.05, 4.69) is 6.92 Å². The van der Waals surface area contributed by atoms with Crippen LogP contribution in [-0.4, -0.2) is 6.29 Å². The van der Waals surface area contributed by atoms with Gasteiger partial charge in [-0.2, -0.15) is 0 Å². The van der Waals surface area contributed by atoms with Crippen LogP contribution in [-0.2, 0) is 4.79 Å². The van der Waals surface area contributed by atoms with Gasteiger partial charge in [0, 0.05) is 5.92 Å². The lowest BCUT2D eigenvalue weighted by Gasteiger charge is -2.30. The summed E-state index contributed by atoms with van der Waals surface area (Å²) in [5.74, 6) is 3.20. The fourth-order valence-electron chi connectivity index (χ4n) is 4.01. The molecule has 0 aromatic rings. The van der Waals surface area contributed by atoms with Gasteiger partial charge in [-0.25, -0.2) is 0 Å². The summed E-state index contributed by atoms with van der Waals surface area (Å²) in [6, 6.07) is 0. The van der Waals surface area contributed by atoms with Crippen LogP contribution in [0.25, 0.3) is 0 Å². The van der Waals surface area contributed by atoms with E-state index in [1.54, 1.807) is 0 Å². The zero-order valence-corrected chi connectivity index (χ0v) is 11.4. The van der Waals surface area contributed by atoms with E-state index in [-0.39, 0.29) is 0 Å². The summed E-state index contributed by atoms with van der Waals surface area (Å²) in [7, 11) is 0. The van der Waals surface area contributed by atoms with Gasteiger partial charge >= 0.3 is 0 Å². The topological polar surface area (TPSA) is 17.1 Å². The van der Waals surface area contributed by atoms with Gasteiger partial charge in [0.15, 0.2) is 0 Å². The smallest absolute Gasteiger partial charge is 0.123 e. The van der Waals surface area contributed by atoms with Crippen molar-refractivity contribution in [3.05, 3.63) is 0 Å². The van der Waals surface area contributed by atoms with Crippen molar-refractivity contribution in [1.82, 2.24) is 0 Å². The van der Waals surface area contributed by atoms with Crippen molar-refractivity contribution in [2.75, 3.05) is 0 Å². The molecule has 0 aromatic heterocycles. The van der Waals surface area contributed by atoms with Gasteiger partial charge < -0.3 is 4.79 Å². The molecule has 0 aliphatic heterocycles. The summed E-state index contributed by atoms with van der Waals surface area (Å²) in [6.07, 6.45) is 14.9. The maximum absolute atomic E-state index is 10.9. The van der Waals surface area contributed by atoms with Crippen molar-refractivity contribution in [3.63, 3.8) is 0 Å². The molecule has 1 nitrogen and oxygen atoms in total. The highest BCUT2D eigenvalue weighted by Crippen LogP contribution is 2.36. The van der Waals surface area contributed by atoms with Crippen molar-refractivity contribution < 1.29 is 4.79 Å². The summed E-state index contributed by atoms with van der Waals surface area (Å²) in [5.41, 5.74) is 0. The lowest BCUT2D eigenvalue weighted by Crippen LogP contribution is -2.19. The quantitative estimate of drug-likeness (QED) is 0.652. The van der Waals surface area contributed by atoms with Gasteiger partial charge in [-0.1, -0.05) is 51.9 Å². The highest BCUT2D eigenvalue weighted by atomic mass is 16.1. The SMILES string of the molecule is CC1CCCC(CCC2CCCC(C=O)C2)C1. The Morgan fingerprint density at radius 2 is 1.59 bits per heavy atom. The van der Waals surface area contributed by atoms with Gasteiger partial charge in [0.05, 0.1) is 0 Å². The summed E-state index contributed by atoms with van der Waals surface area (Å²) in [6.45, 7) is 2.41.